The molecule has 156 valence electrons. The van der Waals surface area contributed by atoms with Gasteiger partial charge in [0.2, 0.25) is 10.0 Å². The third-order valence-electron chi connectivity index (χ3n) is 4.78. The Hall–Kier alpha value is -2.58. The molecule has 0 aromatic heterocycles. The van der Waals surface area contributed by atoms with Crippen LogP contribution in [0, 0.1) is 5.92 Å². The number of anilines is 2. The summed E-state index contributed by atoms with van der Waals surface area (Å²) in [6.45, 7) is 6.79. The van der Waals surface area contributed by atoms with Crippen molar-refractivity contribution in [3.8, 4) is 0 Å². The van der Waals surface area contributed by atoms with Gasteiger partial charge in [-0.3, -0.25) is 0 Å². The number of hydrogen-bond acceptors (Lipinski definition) is 4. The maximum Gasteiger partial charge on any atom is 0.319 e. The first-order valence-electron chi connectivity index (χ1n) is 9.81. The van der Waals surface area contributed by atoms with Crippen molar-refractivity contribution < 1.29 is 13.2 Å². The SMILES string of the molecule is CC(C)CNC(=O)Nc1ccc(S(=O)(=O)N2CCN(c3ccccc3)CC2)cc1. The Morgan fingerprint density at radius 1 is 0.966 bits per heavy atom. The topological polar surface area (TPSA) is 81.8 Å². The Balaban J connectivity index is 1.59. The number of para-hydroxylation sites is 1. The summed E-state index contributed by atoms with van der Waals surface area (Å²) in [7, 11) is -3.56. The lowest BCUT2D eigenvalue weighted by atomic mass is 10.2. The second-order valence-corrected chi connectivity index (χ2v) is 9.42. The normalized spacial score (nSPS) is 15.3. The highest BCUT2D eigenvalue weighted by molar-refractivity contribution is 7.89. The molecule has 2 aromatic rings. The van der Waals surface area contributed by atoms with Crippen LogP contribution in [0.1, 0.15) is 13.8 Å². The number of urea groups is 1. The molecule has 0 saturated carbocycles. The average Bonchev–Trinajstić information content (AvgIpc) is 2.73. The number of piperazine rings is 1. The monoisotopic (exact) mass is 416 g/mol. The number of carbonyl (C=O) groups is 1. The maximum atomic E-state index is 12.9. The Bertz CT molecular complexity index is 907. The molecule has 0 radical (unpaired) electrons. The van der Waals surface area contributed by atoms with Crippen LogP contribution in [0.25, 0.3) is 0 Å². The van der Waals surface area contributed by atoms with Crippen LogP contribution >= 0.6 is 0 Å². The van der Waals surface area contributed by atoms with Crippen LogP contribution in [0.15, 0.2) is 59.5 Å². The molecule has 1 saturated heterocycles. The van der Waals surface area contributed by atoms with Crippen molar-refractivity contribution in [2.75, 3.05) is 42.9 Å². The Morgan fingerprint density at radius 2 is 1.59 bits per heavy atom. The van der Waals surface area contributed by atoms with Crippen molar-refractivity contribution in [2.45, 2.75) is 18.7 Å². The summed E-state index contributed by atoms with van der Waals surface area (Å²) in [5.41, 5.74) is 1.66. The molecular formula is C21H28N4O3S. The minimum atomic E-state index is -3.56. The molecule has 0 spiro atoms. The van der Waals surface area contributed by atoms with Gasteiger partial charge in [0.1, 0.15) is 0 Å². The van der Waals surface area contributed by atoms with E-state index in [0.29, 0.717) is 44.3 Å². The minimum absolute atomic E-state index is 0.235. The van der Waals surface area contributed by atoms with E-state index in [1.54, 1.807) is 12.1 Å². The summed E-state index contributed by atoms with van der Waals surface area (Å²) >= 11 is 0. The first-order valence-corrected chi connectivity index (χ1v) is 11.3. The van der Waals surface area contributed by atoms with E-state index in [9.17, 15) is 13.2 Å². The van der Waals surface area contributed by atoms with E-state index < -0.39 is 10.0 Å². The molecule has 1 heterocycles. The van der Waals surface area contributed by atoms with Crippen molar-refractivity contribution >= 4 is 27.4 Å². The molecule has 0 aliphatic carbocycles. The Kier molecular flexibility index (Phi) is 6.76. The fourth-order valence-corrected chi connectivity index (χ4v) is 4.58. The number of nitrogens with zero attached hydrogens (tertiary/aromatic N) is 2. The van der Waals surface area contributed by atoms with Crippen LogP contribution in [-0.4, -0.2) is 51.5 Å². The standard InChI is InChI=1S/C21H28N4O3S/c1-17(2)16-22-21(26)23-18-8-10-20(11-9-18)29(27,28)25-14-12-24(13-15-25)19-6-4-3-5-7-19/h3-11,17H,12-16H2,1-2H3,(H2,22,23,26). The van der Waals surface area contributed by atoms with Crippen LogP contribution < -0.4 is 15.5 Å². The van der Waals surface area contributed by atoms with Gasteiger partial charge in [-0.1, -0.05) is 32.0 Å². The fraction of sp³-hybridized carbons (Fsp3) is 0.381. The molecule has 0 bridgehead atoms. The van der Waals surface area contributed by atoms with Crippen LogP contribution in [0.5, 0.6) is 0 Å². The van der Waals surface area contributed by atoms with Gasteiger partial charge in [0.15, 0.2) is 0 Å². The zero-order valence-corrected chi connectivity index (χ0v) is 17.7. The molecule has 3 rings (SSSR count). The van der Waals surface area contributed by atoms with Crippen molar-refractivity contribution in [1.82, 2.24) is 9.62 Å². The molecule has 2 aromatic carbocycles. The van der Waals surface area contributed by atoms with Gasteiger partial charge < -0.3 is 15.5 Å². The summed E-state index contributed by atoms with van der Waals surface area (Å²) in [5, 5.41) is 5.48. The molecule has 2 N–H and O–H groups in total. The number of sulfonamides is 1. The van der Waals surface area contributed by atoms with Crippen molar-refractivity contribution in [1.29, 1.82) is 0 Å². The van der Waals surface area contributed by atoms with E-state index in [1.807, 2.05) is 44.2 Å². The highest BCUT2D eigenvalue weighted by atomic mass is 32.2. The summed E-state index contributed by atoms with van der Waals surface area (Å²) in [6, 6.07) is 16.0. The van der Waals surface area contributed by atoms with E-state index in [0.717, 1.165) is 5.69 Å². The average molecular weight is 417 g/mol. The molecular weight excluding hydrogens is 388 g/mol. The van der Waals surface area contributed by atoms with Gasteiger partial charge in [-0.25, -0.2) is 13.2 Å². The van der Waals surface area contributed by atoms with Crippen molar-refractivity contribution in [3.05, 3.63) is 54.6 Å². The number of amides is 2. The number of nitrogens with one attached hydrogen (secondary N) is 2. The quantitative estimate of drug-likeness (QED) is 0.759. The van der Waals surface area contributed by atoms with Crippen LogP contribution in [0.4, 0.5) is 16.2 Å². The van der Waals surface area contributed by atoms with Gasteiger partial charge >= 0.3 is 6.03 Å². The predicted molar refractivity (Wildman–Crippen MR) is 116 cm³/mol. The summed E-state index contributed by atoms with van der Waals surface area (Å²) in [5.74, 6) is 0.357. The van der Waals surface area contributed by atoms with E-state index in [2.05, 4.69) is 15.5 Å². The first kappa shape index (κ1) is 21.1. The zero-order valence-electron chi connectivity index (χ0n) is 16.8. The summed E-state index contributed by atoms with van der Waals surface area (Å²) < 4.78 is 27.4. The molecule has 1 fully saturated rings. The lowest BCUT2D eigenvalue weighted by Crippen LogP contribution is -2.48. The molecule has 1 aliphatic heterocycles. The molecule has 0 atom stereocenters. The molecule has 29 heavy (non-hydrogen) atoms. The lowest BCUT2D eigenvalue weighted by molar-refractivity contribution is 0.251. The molecule has 1 aliphatic rings. The molecule has 8 heteroatoms. The number of rotatable bonds is 6. The van der Waals surface area contributed by atoms with E-state index in [4.69, 9.17) is 0 Å². The lowest BCUT2D eigenvalue weighted by Gasteiger charge is -2.35. The first-order chi connectivity index (χ1) is 13.9. The number of benzene rings is 2. The zero-order chi connectivity index (χ0) is 20.9. The van der Waals surface area contributed by atoms with E-state index in [-0.39, 0.29) is 10.9 Å². The van der Waals surface area contributed by atoms with Crippen LogP contribution in [0.3, 0.4) is 0 Å². The van der Waals surface area contributed by atoms with Gasteiger partial charge in [-0.15, -0.1) is 0 Å². The van der Waals surface area contributed by atoms with Gasteiger partial charge in [-0.05, 0) is 42.3 Å². The molecule has 7 nitrogen and oxygen atoms in total. The largest absolute Gasteiger partial charge is 0.369 e. The second-order valence-electron chi connectivity index (χ2n) is 7.48. The summed E-state index contributed by atoms with van der Waals surface area (Å²) in [6.07, 6.45) is 0. The number of hydrogen-bond donors (Lipinski definition) is 2. The van der Waals surface area contributed by atoms with Crippen LogP contribution in [-0.2, 0) is 10.0 Å². The third kappa shape index (κ3) is 5.48. The molecule has 0 unspecified atom stereocenters. The maximum absolute atomic E-state index is 12.9. The fourth-order valence-electron chi connectivity index (χ4n) is 3.16. The van der Waals surface area contributed by atoms with Crippen molar-refractivity contribution in [2.24, 2.45) is 5.92 Å². The predicted octanol–water partition coefficient (Wildman–Crippen LogP) is 2.98. The van der Waals surface area contributed by atoms with Gasteiger partial charge in [0.05, 0.1) is 4.90 Å². The van der Waals surface area contributed by atoms with E-state index in [1.165, 1.54) is 16.4 Å². The number of carbonyl (C=O) groups excluding carboxylic acids is 1. The second kappa shape index (κ2) is 9.28. The molecule has 2 amide bonds. The minimum Gasteiger partial charge on any atom is -0.369 e. The third-order valence-corrected chi connectivity index (χ3v) is 6.69. The highest BCUT2D eigenvalue weighted by Crippen LogP contribution is 2.22. The van der Waals surface area contributed by atoms with E-state index >= 15 is 0 Å². The van der Waals surface area contributed by atoms with Gasteiger partial charge in [0, 0.05) is 44.1 Å². The Labute approximate surface area is 172 Å². The van der Waals surface area contributed by atoms with Crippen LogP contribution in [0.2, 0.25) is 0 Å². The Morgan fingerprint density at radius 3 is 2.17 bits per heavy atom. The van der Waals surface area contributed by atoms with Gasteiger partial charge in [-0.2, -0.15) is 4.31 Å². The smallest absolute Gasteiger partial charge is 0.319 e. The highest BCUT2D eigenvalue weighted by Gasteiger charge is 2.28. The van der Waals surface area contributed by atoms with Crippen molar-refractivity contribution in [3.63, 3.8) is 0 Å². The summed E-state index contributed by atoms with van der Waals surface area (Å²) in [4.78, 5) is 14.3. The van der Waals surface area contributed by atoms with Gasteiger partial charge in [0.25, 0.3) is 0 Å².